The van der Waals surface area contributed by atoms with Gasteiger partial charge in [0.2, 0.25) is 5.91 Å². The van der Waals surface area contributed by atoms with Gasteiger partial charge in [-0.2, -0.15) is 5.10 Å². The summed E-state index contributed by atoms with van der Waals surface area (Å²) >= 11 is 0. The van der Waals surface area contributed by atoms with Crippen LogP contribution in [-0.2, 0) is 22.5 Å². The van der Waals surface area contributed by atoms with Crippen molar-refractivity contribution in [3.05, 3.63) is 17.0 Å². The van der Waals surface area contributed by atoms with Crippen LogP contribution in [0.15, 0.2) is 0 Å². The molecule has 2 atom stereocenters. The van der Waals surface area contributed by atoms with Crippen molar-refractivity contribution in [1.82, 2.24) is 20.4 Å². The Bertz CT molecular complexity index is 779. The second-order valence-corrected chi connectivity index (χ2v) is 10.6. The molecule has 1 aromatic rings. The van der Waals surface area contributed by atoms with Crippen LogP contribution in [0, 0.1) is 25.7 Å². The topological polar surface area (TPSA) is 85.3 Å². The lowest BCUT2D eigenvalue weighted by molar-refractivity contribution is -0.123. The van der Waals surface area contributed by atoms with E-state index >= 15 is 0 Å². The summed E-state index contributed by atoms with van der Waals surface area (Å²) in [5.74, 6) is 0.742. The molecule has 0 unspecified atom stereocenters. The van der Waals surface area contributed by atoms with Crippen molar-refractivity contribution in [2.24, 2.45) is 11.8 Å². The average molecular weight is 435 g/mol. The van der Waals surface area contributed by atoms with Crippen molar-refractivity contribution in [1.29, 1.82) is 0 Å². The molecule has 0 bridgehead atoms. The number of nitrogens with zero attached hydrogens (tertiary/aromatic N) is 2. The minimum Gasteiger partial charge on any atom is -0.444 e. The Balaban J connectivity index is 2.12. The van der Waals surface area contributed by atoms with E-state index in [4.69, 9.17) is 4.74 Å². The number of hydrogen-bond acceptors (Lipinski definition) is 4. The summed E-state index contributed by atoms with van der Waals surface area (Å²) in [4.78, 5) is 25.4. The Kier molecular flexibility index (Phi) is 8.17. The average Bonchev–Trinajstić information content (AvgIpc) is 2.88. The van der Waals surface area contributed by atoms with Crippen molar-refractivity contribution in [2.75, 3.05) is 6.54 Å². The maximum atomic E-state index is 13.1. The first kappa shape index (κ1) is 25.2. The van der Waals surface area contributed by atoms with Crippen LogP contribution in [0.25, 0.3) is 0 Å². The van der Waals surface area contributed by atoms with Crippen LogP contribution in [0.3, 0.4) is 0 Å². The predicted molar refractivity (Wildman–Crippen MR) is 123 cm³/mol. The van der Waals surface area contributed by atoms with E-state index < -0.39 is 17.2 Å². The van der Waals surface area contributed by atoms with E-state index in [0.29, 0.717) is 18.9 Å². The molecule has 7 nitrogen and oxygen atoms in total. The maximum Gasteiger partial charge on any atom is 0.407 e. The highest BCUT2D eigenvalue weighted by Gasteiger charge is 2.40. The number of rotatable bonds is 7. The van der Waals surface area contributed by atoms with Gasteiger partial charge >= 0.3 is 6.09 Å². The third-order valence-electron chi connectivity index (χ3n) is 6.20. The SMILES string of the molecule is Cc1nn(CC(C)C)c(C)c1CC(=O)N[C@@]1(CNC(=O)OC(C)(C)C)CCCC[C@H]1C. The molecule has 0 spiro atoms. The predicted octanol–water partition coefficient (Wildman–Crippen LogP) is 4.29. The van der Waals surface area contributed by atoms with Gasteiger partial charge < -0.3 is 15.4 Å². The van der Waals surface area contributed by atoms with Crippen molar-refractivity contribution in [2.45, 2.75) is 105 Å². The molecule has 0 radical (unpaired) electrons. The number of nitrogens with one attached hydrogen (secondary N) is 2. The van der Waals surface area contributed by atoms with Crippen molar-refractivity contribution >= 4 is 12.0 Å². The zero-order chi connectivity index (χ0) is 23.4. The molecule has 1 heterocycles. The van der Waals surface area contributed by atoms with E-state index in [1.54, 1.807) is 0 Å². The van der Waals surface area contributed by atoms with Gasteiger partial charge in [0.05, 0.1) is 17.7 Å². The lowest BCUT2D eigenvalue weighted by Crippen LogP contribution is -2.61. The van der Waals surface area contributed by atoms with Crippen LogP contribution in [0.1, 0.15) is 84.2 Å². The molecule has 1 aliphatic rings. The Morgan fingerprint density at radius 3 is 2.52 bits per heavy atom. The van der Waals surface area contributed by atoms with Gasteiger partial charge in [0.1, 0.15) is 5.60 Å². The molecular weight excluding hydrogens is 392 g/mol. The minimum atomic E-state index is -0.552. The van der Waals surface area contributed by atoms with E-state index in [9.17, 15) is 9.59 Å². The third-order valence-corrected chi connectivity index (χ3v) is 6.20. The standard InChI is InChI=1S/C24H42N4O3/c1-16(2)14-28-19(5)20(18(4)27-28)13-21(29)26-24(12-10-9-11-17(24)3)15-25-22(30)31-23(6,7)8/h16-17H,9-15H2,1-8H3,(H,25,30)(H,26,29)/t17-,24-/m1/s1. The second kappa shape index (κ2) is 10.0. The Labute approximate surface area is 187 Å². The molecule has 0 aliphatic heterocycles. The molecule has 0 saturated heterocycles. The normalized spacial score (nSPS) is 21.8. The van der Waals surface area contributed by atoms with Crippen molar-refractivity contribution < 1.29 is 14.3 Å². The third kappa shape index (κ3) is 6.97. The highest BCUT2D eigenvalue weighted by atomic mass is 16.6. The van der Waals surface area contributed by atoms with Crippen LogP contribution in [0.4, 0.5) is 4.79 Å². The zero-order valence-corrected chi connectivity index (χ0v) is 20.7. The number of amides is 2. The summed E-state index contributed by atoms with van der Waals surface area (Å²) in [6.45, 7) is 17.2. The zero-order valence-electron chi connectivity index (χ0n) is 20.7. The smallest absolute Gasteiger partial charge is 0.407 e. The highest BCUT2D eigenvalue weighted by molar-refractivity contribution is 5.80. The van der Waals surface area contributed by atoms with Gasteiger partial charge in [-0.1, -0.05) is 33.6 Å². The fourth-order valence-electron chi connectivity index (χ4n) is 4.45. The number of aromatic nitrogens is 2. The van der Waals surface area contributed by atoms with Gasteiger partial charge in [-0.05, 0) is 59.3 Å². The summed E-state index contributed by atoms with van der Waals surface area (Å²) in [6, 6.07) is 0. The van der Waals surface area contributed by atoms with E-state index in [-0.39, 0.29) is 11.8 Å². The van der Waals surface area contributed by atoms with Crippen LogP contribution >= 0.6 is 0 Å². The van der Waals surface area contributed by atoms with Gasteiger partial charge in [0.25, 0.3) is 0 Å². The lowest BCUT2D eigenvalue weighted by Gasteiger charge is -2.43. The maximum absolute atomic E-state index is 13.1. The molecule has 1 aromatic heterocycles. The Morgan fingerprint density at radius 2 is 1.94 bits per heavy atom. The van der Waals surface area contributed by atoms with E-state index in [2.05, 4.69) is 36.5 Å². The number of alkyl carbamates (subject to hydrolysis) is 1. The monoisotopic (exact) mass is 434 g/mol. The second-order valence-electron chi connectivity index (χ2n) is 10.6. The van der Waals surface area contributed by atoms with Gasteiger partial charge in [0, 0.05) is 24.3 Å². The first-order valence-electron chi connectivity index (χ1n) is 11.6. The molecule has 31 heavy (non-hydrogen) atoms. The molecular formula is C24H42N4O3. The van der Waals surface area contributed by atoms with Gasteiger partial charge in [-0.3, -0.25) is 9.48 Å². The fourth-order valence-corrected chi connectivity index (χ4v) is 4.45. The molecule has 1 aliphatic carbocycles. The minimum absolute atomic E-state index is 0.0185. The fraction of sp³-hybridized carbons (Fsp3) is 0.792. The van der Waals surface area contributed by atoms with Crippen molar-refractivity contribution in [3.63, 3.8) is 0 Å². The van der Waals surface area contributed by atoms with Gasteiger partial charge in [-0.15, -0.1) is 0 Å². The number of aryl methyl sites for hydroxylation is 1. The Hall–Kier alpha value is -2.05. The molecule has 7 heteroatoms. The van der Waals surface area contributed by atoms with Crippen LogP contribution in [0.2, 0.25) is 0 Å². The molecule has 1 saturated carbocycles. The van der Waals surface area contributed by atoms with Crippen LogP contribution in [-0.4, -0.2) is 39.5 Å². The molecule has 1 fully saturated rings. The number of carbonyl (C=O) groups is 2. The number of ether oxygens (including phenoxy) is 1. The number of carbonyl (C=O) groups excluding carboxylic acids is 2. The molecule has 0 aromatic carbocycles. The summed E-state index contributed by atoms with van der Waals surface area (Å²) in [7, 11) is 0. The number of hydrogen-bond donors (Lipinski definition) is 2. The lowest BCUT2D eigenvalue weighted by atomic mass is 9.73. The van der Waals surface area contributed by atoms with Crippen molar-refractivity contribution in [3.8, 4) is 0 Å². The first-order valence-corrected chi connectivity index (χ1v) is 11.6. The molecule has 2 N–H and O–H groups in total. The van der Waals surface area contributed by atoms with E-state index in [1.807, 2.05) is 39.3 Å². The summed E-state index contributed by atoms with van der Waals surface area (Å²) < 4.78 is 7.41. The quantitative estimate of drug-likeness (QED) is 0.670. The summed E-state index contributed by atoms with van der Waals surface area (Å²) in [6.07, 6.45) is 3.91. The largest absolute Gasteiger partial charge is 0.444 e. The van der Waals surface area contributed by atoms with Gasteiger partial charge in [0.15, 0.2) is 0 Å². The van der Waals surface area contributed by atoms with E-state index in [1.165, 1.54) is 0 Å². The molecule has 176 valence electrons. The molecule has 2 amide bonds. The summed E-state index contributed by atoms with van der Waals surface area (Å²) in [5.41, 5.74) is 1.95. The van der Waals surface area contributed by atoms with E-state index in [0.717, 1.165) is 49.2 Å². The summed E-state index contributed by atoms with van der Waals surface area (Å²) in [5, 5.41) is 10.9. The van der Waals surface area contributed by atoms with Crippen LogP contribution < -0.4 is 10.6 Å². The highest BCUT2D eigenvalue weighted by Crippen LogP contribution is 2.33. The van der Waals surface area contributed by atoms with Crippen LogP contribution in [0.5, 0.6) is 0 Å². The Morgan fingerprint density at radius 1 is 1.26 bits per heavy atom. The first-order chi connectivity index (χ1) is 14.3. The van der Waals surface area contributed by atoms with Gasteiger partial charge in [-0.25, -0.2) is 4.79 Å². The molecule has 2 rings (SSSR count).